The molecule has 0 spiro atoms. The van der Waals surface area contributed by atoms with E-state index in [2.05, 4.69) is 24.5 Å². The van der Waals surface area contributed by atoms with Gasteiger partial charge in [-0.15, -0.1) is 0 Å². The van der Waals surface area contributed by atoms with E-state index in [1.54, 1.807) is 0 Å². The molecule has 0 aromatic rings. The molecule has 1 rings (SSSR count). The molecule has 0 aromatic heterocycles. The van der Waals surface area contributed by atoms with E-state index in [-0.39, 0.29) is 5.91 Å². The van der Waals surface area contributed by atoms with Gasteiger partial charge in [0.05, 0.1) is 6.54 Å². The summed E-state index contributed by atoms with van der Waals surface area (Å²) in [7, 11) is 0. The molecule has 0 radical (unpaired) electrons. The predicted molar refractivity (Wildman–Crippen MR) is 62.7 cm³/mol. The van der Waals surface area contributed by atoms with Gasteiger partial charge in [0.2, 0.25) is 5.91 Å². The van der Waals surface area contributed by atoms with Crippen LogP contribution in [0.2, 0.25) is 0 Å². The van der Waals surface area contributed by atoms with Gasteiger partial charge in [-0.2, -0.15) is 0 Å². The van der Waals surface area contributed by atoms with E-state index < -0.39 is 0 Å². The van der Waals surface area contributed by atoms with E-state index in [0.29, 0.717) is 12.6 Å². The Morgan fingerprint density at radius 2 is 2.20 bits per heavy atom. The topological polar surface area (TPSA) is 41.1 Å². The van der Waals surface area contributed by atoms with Crippen molar-refractivity contribution < 1.29 is 4.79 Å². The molecule has 88 valence electrons. The number of hydrogen-bond donors (Lipinski definition) is 2. The molecule has 0 saturated heterocycles. The summed E-state index contributed by atoms with van der Waals surface area (Å²) in [4.78, 5) is 11.4. The SMILES string of the molecule is CCCCC(C)NC(=O)CNCC1CC1. The van der Waals surface area contributed by atoms with Crippen molar-refractivity contribution in [3.63, 3.8) is 0 Å². The average Bonchev–Trinajstić information content (AvgIpc) is 2.98. The summed E-state index contributed by atoms with van der Waals surface area (Å²) in [6, 6.07) is 0.320. The second-order valence-corrected chi connectivity index (χ2v) is 4.69. The maximum atomic E-state index is 11.4. The quantitative estimate of drug-likeness (QED) is 0.643. The molecule has 2 N–H and O–H groups in total. The fraction of sp³-hybridized carbons (Fsp3) is 0.917. The number of carbonyl (C=O) groups is 1. The minimum absolute atomic E-state index is 0.138. The normalized spacial score (nSPS) is 17.5. The van der Waals surface area contributed by atoms with Crippen molar-refractivity contribution in [3.05, 3.63) is 0 Å². The number of carbonyl (C=O) groups excluding carboxylic acids is 1. The fourth-order valence-corrected chi connectivity index (χ4v) is 1.62. The third-order valence-electron chi connectivity index (χ3n) is 2.81. The Morgan fingerprint density at radius 3 is 2.80 bits per heavy atom. The molecular formula is C12H24N2O. The highest BCUT2D eigenvalue weighted by molar-refractivity contribution is 5.78. The Balaban J connectivity index is 1.95. The Hall–Kier alpha value is -0.570. The highest BCUT2D eigenvalue weighted by atomic mass is 16.1. The first-order chi connectivity index (χ1) is 7.22. The van der Waals surface area contributed by atoms with Crippen LogP contribution in [-0.2, 0) is 4.79 Å². The van der Waals surface area contributed by atoms with Crippen LogP contribution < -0.4 is 10.6 Å². The van der Waals surface area contributed by atoms with E-state index >= 15 is 0 Å². The number of amides is 1. The molecule has 1 aliphatic carbocycles. The van der Waals surface area contributed by atoms with Gasteiger partial charge >= 0.3 is 0 Å². The Morgan fingerprint density at radius 1 is 1.47 bits per heavy atom. The van der Waals surface area contributed by atoms with Crippen LogP contribution in [0, 0.1) is 5.92 Å². The predicted octanol–water partition coefficient (Wildman–Crippen LogP) is 1.68. The van der Waals surface area contributed by atoms with Crippen molar-refractivity contribution in [2.45, 2.75) is 52.0 Å². The summed E-state index contributed by atoms with van der Waals surface area (Å²) in [6.45, 7) is 5.74. The molecule has 1 aliphatic rings. The lowest BCUT2D eigenvalue weighted by Gasteiger charge is -2.13. The highest BCUT2D eigenvalue weighted by Crippen LogP contribution is 2.27. The zero-order valence-electron chi connectivity index (χ0n) is 10.0. The summed E-state index contributed by atoms with van der Waals surface area (Å²) in [5.74, 6) is 0.981. The fourth-order valence-electron chi connectivity index (χ4n) is 1.62. The lowest BCUT2D eigenvalue weighted by atomic mass is 10.1. The van der Waals surface area contributed by atoms with Gasteiger partial charge in [-0.3, -0.25) is 4.79 Å². The summed E-state index contributed by atoms with van der Waals surface area (Å²) in [6.07, 6.45) is 6.14. The smallest absolute Gasteiger partial charge is 0.234 e. The van der Waals surface area contributed by atoms with E-state index in [1.165, 1.54) is 25.7 Å². The molecule has 0 bridgehead atoms. The second-order valence-electron chi connectivity index (χ2n) is 4.69. The molecule has 1 amide bonds. The Kier molecular flexibility index (Phi) is 5.69. The van der Waals surface area contributed by atoms with Crippen molar-refractivity contribution in [2.24, 2.45) is 5.92 Å². The Labute approximate surface area is 93.0 Å². The van der Waals surface area contributed by atoms with Crippen molar-refractivity contribution in [1.82, 2.24) is 10.6 Å². The van der Waals surface area contributed by atoms with Crippen LogP contribution in [-0.4, -0.2) is 25.0 Å². The van der Waals surface area contributed by atoms with Gasteiger partial charge in [-0.25, -0.2) is 0 Å². The molecule has 3 nitrogen and oxygen atoms in total. The molecule has 0 heterocycles. The molecule has 1 unspecified atom stereocenters. The number of hydrogen-bond acceptors (Lipinski definition) is 2. The summed E-state index contributed by atoms with van der Waals surface area (Å²) in [5.41, 5.74) is 0. The minimum atomic E-state index is 0.138. The van der Waals surface area contributed by atoms with Crippen LogP contribution in [0.15, 0.2) is 0 Å². The average molecular weight is 212 g/mol. The van der Waals surface area contributed by atoms with E-state index in [4.69, 9.17) is 0 Å². The molecular weight excluding hydrogens is 188 g/mol. The molecule has 3 heteroatoms. The maximum Gasteiger partial charge on any atom is 0.234 e. The first-order valence-electron chi connectivity index (χ1n) is 6.22. The van der Waals surface area contributed by atoms with Gasteiger partial charge < -0.3 is 10.6 Å². The number of rotatable bonds is 8. The monoisotopic (exact) mass is 212 g/mol. The van der Waals surface area contributed by atoms with Crippen molar-refractivity contribution >= 4 is 5.91 Å². The van der Waals surface area contributed by atoms with Crippen LogP contribution in [0.3, 0.4) is 0 Å². The minimum Gasteiger partial charge on any atom is -0.353 e. The molecule has 0 aliphatic heterocycles. The van der Waals surface area contributed by atoms with Gasteiger partial charge in [0, 0.05) is 6.04 Å². The summed E-state index contributed by atoms with van der Waals surface area (Å²) in [5, 5.41) is 6.20. The van der Waals surface area contributed by atoms with Crippen LogP contribution >= 0.6 is 0 Å². The third-order valence-corrected chi connectivity index (χ3v) is 2.81. The largest absolute Gasteiger partial charge is 0.353 e. The van der Waals surface area contributed by atoms with Crippen LogP contribution in [0.5, 0.6) is 0 Å². The summed E-state index contributed by atoms with van der Waals surface area (Å²) < 4.78 is 0. The molecule has 1 saturated carbocycles. The maximum absolute atomic E-state index is 11.4. The van der Waals surface area contributed by atoms with Crippen LogP contribution in [0.25, 0.3) is 0 Å². The first-order valence-corrected chi connectivity index (χ1v) is 6.22. The van der Waals surface area contributed by atoms with Gasteiger partial charge in [-0.05, 0) is 38.6 Å². The third kappa shape index (κ3) is 6.50. The standard InChI is InChI=1S/C12H24N2O/c1-3-4-5-10(2)14-12(15)9-13-8-11-6-7-11/h10-11,13H,3-9H2,1-2H3,(H,14,15). The molecule has 1 fully saturated rings. The van der Waals surface area contributed by atoms with Crippen molar-refractivity contribution in [1.29, 1.82) is 0 Å². The zero-order chi connectivity index (χ0) is 11.1. The van der Waals surface area contributed by atoms with Crippen LogP contribution in [0.4, 0.5) is 0 Å². The van der Waals surface area contributed by atoms with Gasteiger partial charge in [0.15, 0.2) is 0 Å². The van der Waals surface area contributed by atoms with E-state index in [1.807, 2.05) is 0 Å². The zero-order valence-corrected chi connectivity index (χ0v) is 10.0. The summed E-state index contributed by atoms with van der Waals surface area (Å²) >= 11 is 0. The second kappa shape index (κ2) is 6.83. The van der Waals surface area contributed by atoms with Crippen molar-refractivity contribution in [2.75, 3.05) is 13.1 Å². The van der Waals surface area contributed by atoms with Gasteiger partial charge in [0.1, 0.15) is 0 Å². The van der Waals surface area contributed by atoms with Gasteiger partial charge in [0.25, 0.3) is 0 Å². The molecule has 0 aromatic carbocycles. The molecule has 1 atom stereocenters. The van der Waals surface area contributed by atoms with Crippen molar-refractivity contribution in [3.8, 4) is 0 Å². The van der Waals surface area contributed by atoms with E-state index in [9.17, 15) is 4.79 Å². The number of unbranched alkanes of at least 4 members (excludes halogenated alkanes) is 1. The first kappa shape index (κ1) is 12.5. The molecule has 15 heavy (non-hydrogen) atoms. The Bertz CT molecular complexity index is 190. The lowest BCUT2D eigenvalue weighted by Crippen LogP contribution is -2.39. The highest BCUT2D eigenvalue weighted by Gasteiger charge is 2.20. The lowest BCUT2D eigenvalue weighted by molar-refractivity contribution is -0.120. The van der Waals surface area contributed by atoms with Crippen LogP contribution in [0.1, 0.15) is 46.0 Å². The van der Waals surface area contributed by atoms with E-state index in [0.717, 1.165) is 18.9 Å². The number of nitrogens with one attached hydrogen (secondary N) is 2. The van der Waals surface area contributed by atoms with Gasteiger partial charge in [-0.1, -0.05) is 19.8 Å².